The Morgan fingerprint density at radius 3 is 2.81 bits per heavy atom. The van der Waals surface area contributed by atoms with Crippen molar-refractivity contribution in [2.24, 2.45) is 0 Å². The molecule has 0 aliphatic heterocycles. The zero-order chi connectivity index (χ0) is 11.4. The van der Waals surface area contributed by atoms with Crippen molar-refractivity contribution in [3.63, 3.8) is 0 Å². The average molecular weight is 211 g/mol. The molecular formula is C15H17N. The third-order valence-corrected chi connectivity index (χ3v) is 2.63. The lowest BCUT2D eigenvalue weighted by Crippen LogP contribution is -1.91. The predicted molar refractivity (Wildman–Crippen MR) is 71.3 cm³/mol. The lowest BCUT2D eigenvalue weighted by atomic mass is 10.2. The molecule has 0 N–H and O–H groups in total. The highest BCUT2D eigenvalue weighted by Crippen LogP contribution is 2.20. The summed E-state index contributed by atoms with van der Waals surface area (Å²) in [5.74, 6) is 0. The van der Waals surface area contributed by atoms with Crippen LogP contribution in [0.25, 0.3) is 16.6 Å². The summed E-state index contributed by atoms with van der Waals surface area (Å²) in [6, 6.07) is 10.6. The molecule has 0 atom stereocenters. The van der Waals surface area contributed by atoms with Crippen molar-refractivity contribution >= 4 is 16.6 Å². The van der Waals surface area contributed by atoms with E-state index in [2.05, 4.69) is 73.2 Å². The average Bonchev–Trinajstić information content (AvgIpc) is 2.72. The molecule has 2 rings (SSSR count). The van der Waals surface area contributed by atoms with Crippen LogP contribution in [0.4, 0.5) is 0 Å². The summed E-state index contributed by atoms with van der Waals surface area (Å²) in [6.07, 6.45) is 9.65. The number of aromatic nitrogens is 1. The molecule has 1 nitrogen and oxygen atoms in total. The predicted octanol–water partition coefficient (Wildman–Crippen LogP) is 4.47. The number of nitrogens with zero attached hydrogens (tertiary/aromatic N) is 1. The maximum absolute atomic E-state index is 2.24. The normalized spacial score (nSPS) is 12.8. The summed E-state index contributed by atoms with van der Waals surface area (Å²) in [6.45, 7) is 4.21. The van der Waals surface area contributed by atoms with Gasteiger partial charge in [0.1, 0.15) is 0 Å². The van der Waals surface area contributed by atoms with Crippen LogP contribution in [0.2, 0.25) is 0 Å². The zero-order valence-corrected chi connectivity index (χ0v) is 9.85. The Bertz CT molecular complexity index is 529. The van der Waals surface area contributed by atoms with Gasteiger partial charge in [-0.25, -0.2) is 0 Å². The van der Waals surface area contributed by atoms with Crippen LogP contribution in [0.3, 0.4) is 0 Å². The van der Waals surface area contributed by atoms with Crippen LogP contribution in [0, 0.1) is 0 Å². The summed E-state index contributed by atoms with van der Waals surface area (Å²) < 4.78 is 2.23. The molecule has 0 radical (unpaired) electrons. The monoisotopic (exact) mass is 211 g/mol. The number of hydrogen-bond acceptors (Lipinski definition) is 0. The molecule has 0 unspecified atom stereocenters. The first-order valence-electron chi connectivity index (χ1n) is 5.76. The molecule has 1 aromatic heterocycles. The smallest absolute Gasteiger partial charge is 0.0528 e. The van der Waals surface area contributed by atoms with Gasteiger partial charge >= 0.3 is 0 Å². The molecule has 1 heterocycles. The number of fused-ring (bicyclic) bond motifs is 1. The van der Waals surface area contributed by atoms with Crippen molar-refractivity contribution in [3.8, 4) is 0 Å². The maximum atomic E-state index is 2.24. The van der Waals surface area contributed by atoms with E-state index in [1.165, 1.54) is 16.6 Å². The highest BCUT2D eigenvalue weighted by Gasteiger charge is 2.01. The summed E-state index contributed by atoms with van der Waals surface area (Å²) >= 11 is 0. The van der Waals surface area contributed by atoms with Crippen LogP contribution in [0.1, 0.15) is 20.3 Å². The molecular weight excluding hydrogens is 194 g/mol. The molecule has 82 valence electrons. The van der Waals surface area contributed by atoms with Crippen LogP contribution >= 0.6 is 0 Å². The zero-order valence-electron chi connectivity index (χ0n) is 9.85. The Kier molecular flexibility index (Phi) is 3.25. The first-order valence-corrected chi connectivity index (χ1v) is 5.76. The van der Waals surface area contributed by atoms with Crippen molar-refractivity contribution in [3.05, 3.63) is 54.8 Å². The van der Waals surface area contributed by atoms with Gasteiger partial charge in [0.15, 0.2) is 0 Å². The van der Waals surface area contributed by atoms with Gasteiger partial charge in [-0.1, -0.05) is 37.3 Å². The van der Waals surface area contributed by atoms with Crippen molar-refractivity contribution < 1.29 is 0 Å². The third-order valence-electron chi connectivity index (χ3n) is 2.63. The van der Waals surface area contributed by atoms with Crippen molar-refractivity contribution in [2.45, 2.75) is 20.3 Å². The van der Waals surface area contributed by atoms with E-state index in [4.69, 9.17) is 0 Å². The SMILES string of the molecule is C/C=C\C(=C/CC)n1ccc2ccccc21. The molecule has 2 aromatic rings. The van der Waals surface area contributed by atoms with Gasteiger partial charge in [-0.05, 0) is 36.9 Å². The first-order chi connectivity index (χ1) is 7.86. The first kappa shape index (κ1) is 10.7. The van der Waals surface area contributed by atoms with Crippen LogP contribution in [-0.4, -0.2) is 4.57 Å². The molecule has 0 amide bonds. The van der Waals surface area contributed by atoms with E-state index in [1.54, 1.807) is 0 Å². The molecule has 0 spiro atoms. The van der Waals surface area contributed by atoms with Crippen LogP contribution in [0.5, 0.6) is 0 Å². The molecule has 0 bridgehead atoms. The Morgan fingerprint density at radius 1 is 1.25 bits per heavy atom. The molecule has 0 saturated heterocycles. The van der Waals surface area contributed by atoms with Gasteiger partial charge in [-0.3, -0.25) is 0 Å². The maximum Gasteiger partial charge on any atom is 0.0528 e. The summed E-state index contributed by atoms with van der Waals surface area (Å²) in [4.78, 5) is 0. The molecule has 0 fully saturated rings. The van der Waals surface area contributed by atoms with Gasteiger partial charge < -0.3 is 4.57 Å². The largest absolute Gasteiger partial charge is 0.317 e. The fourth-order valence-corrected chi connectivity index (χ4v) is 1.93. The third kappa shape index (κ3) is 1.94. The van der Waals surface area contributed by atoms with Crippen molar-refractivity contribution in [2.75, 3.05) is 0 Å². The number of rotatable bonds is 3. The summed E-state index contributed by atoms with van der Waals surface area (Å²) in [7, 11) is 0. The van der Waals surface area contributed by atoms with Crippen LogP contribution in [0.15, 0.2) is 54.8 Å². The quantitative estimate of drug-likeness (QED) is 0.660. The van der Waals surface area contributed by atoms with Crippen molar-refractivity contribution in [1.82, 2.24) is 4.57 Å². The second kappa shape index (κ2) is 4.84. The fraction of sp³-hybridized carbons (Fsp3) is 0.200. The molecule has 0 saturated carbocycles. The van der Waals surface area contributed by atoms with Gasteiger partial charge in [0.05, 0.1) is 5.52 Å². The lowest BCUT2D eigenvalue weighted by molar-refractivity contribution is 1.13. The van der Waals surface area contributed by atoms with E-state index in [1.807, 2.05) is 0 Å². The van der Waals surface area contributed by atoms with E-state index < -0.39 is 0 Å². The van der Waals surface area contributed by atoms with E-state index in [0.29, 0.717) is 0 Å². The fourth-order valence-electron chi connectivity index (χ4n) is 1.93. The standard InChI is InChI=1S/C15H17N/c1-3-7-14(8-4-2)16-12-11-13-9-5-6-10-15(13)16/h3,5-12H,4H2,1-2H3/b7-3-,14-8+. The minimum atomic E-state index is 1.05. The minimum absolute atomic E-state index is 1.05. The van der Waals surface area contributed by atoms with E-state index in [9.17, 15) is 0 Å². The molecule has 1 aromatic carbocycles. The number of hydrogen-bond donors (Lipinski definition) is 0. The van der Waals surface area contributed by atoms with Gasteiger partial charge in [0, 0.05) is 11.9 Å². The minimum Gasteiger partial charge on any atom is -0.317 e. The second-order valence-corrected chi connectivity index (χ2v) is 3.78. The summed E-state index contributed by atoms with van der Waals surface area (Å²) in [5.41, 5.74) is 2.51. The Morgan fingerprint density at radius 2 is 2.06 bits per heavy atom. The van der Waals surface area contributed by atoms with Crippen molar-refractivity contribution in [1.29, 1.82) is 0 Å². The summed E-state index contributed by atoms with van der Waals surface area (Å²) in [5, 5.41) is 1.29. The van der Waals surface area contributed by atoms with Crippen LogP contribution in [-0.2, 0) is 0 Å². The van der Waals surface area contributed by atoms with Gasteiger partial charge in [-0.2, -0.15) is 0 Å². The number of benzene rings is 1. The highest BCUT2D eigenvalue weighted by molar-refractivity contribution is 5.84. The van der Waals surface area contributed by atoms with Gasteiger partial charge in [0.25, 0.3) is 0 Å². The lowest BCUT2D eigenvalue weighted by Gasteiger charge is -2.06. The van der Waals surface area contributed by atoms with Gasteiger partial charge in [-0.15, -0.1) is 0 Å². The Labute approximate surface area is 96.7 Å². The number of allylic oxidation sites excluding steroid dienone is 4. The van der Waals surface area contributed by atoms with E-state index in [0.717, 1.165) is 6.42 Å². The number of para-hydroxylation sites is 1. The van der Waals surface area contributed by atoms with E-state index >= 15 is 0 Å². The second-order valence-electron chi connectivity index (χ2n) is 3.78. The van der Waals surface area contributed by atoms with Crippen LogP contribution < -0.4 is 0 Å². The molecule has 0 aliphatic carbocycles. The topological polar surface area (TPSA) is 4.93 Å². The highest BCUT2D eigenvalue weighted by atomic mass is 15.0. The van der Waals surface area contributed by atoms with Gasteiger partial charge in [0.2, 0.25) is 0 Å². The molecule has 0 aliphatic rings. The molecule has 16 heavy (non-hydrogen) atoms. The Balaban J connectivity index is 2.57. The Hall–Kier alpha value is -1.76. The molecule has 1 heteroatoms. The van der Waals surface area contributed by atoms with E-state index in [-0.39, 0.29) is 0 Å².